The van der Waals surface area contributed by atoms with Crippen molar-refractivity contribution >= 4 is 5.97 Å². The molecule has 5 nitrogen and oxygen atoms in total. The van der Waals surface area contributed by atoms with Crippen LogP contribution in [0, 0.1) is 22.7 Å². The zero-order valence-electron chi connectivity index (χ0n) is 13.1. The average Bonchev–Trinajstić information content (AvgIpc) is 2.92. The summed E-state index contributed by atoms with van der Waals surface area (Å²) in [5.41, 5.74) is -1.32. The maximum absolute atomic E-state index is 12.2. The van der Waals surface area contributed by atoms with Gasteiger partial charge in [0, 0.05) is 36.7 Å². The fourth-order valence-corrected chi connectivity index (χ4v) is 6.06. The molecule has 4 aliphatic rings. The molecule has 0 aromatic carbocycles. The molecule has 0 amide bonds. The first kappa shape index (κ1) is 14.0. The molecule has 5 heteroatoms. The van der Waals surface area contributed by atoms with Gasteiger partial charge in [0.15, 0.2) is 5.79 Å². The molecule has 2 saturated carbocycles. The Morgan fingerprint density at radius 2 is 2.10 bits per heavy atom. The lowest BCUT2D eigenvalue weighted by atomic mass is 9.48. The van der Waals surface area contributed by atoms with Gasteiger partial charge in [0.2, 0.25) is 0 Å². The molecule has 4 fully saturated rings. The molecule has 0 spiro atoms. The van der Waals surface area contributed by atoms with E-state index >= 15 is 0 Å². The summed E-state index contributed by atoms with van der Waals surface area (Å²) in [5.74, 6) is -0.677. The van der Waals surface area contributed by atoms with Crippen molar-refractivity contribution in [2.45, 2.75) is 57.5 Å². The van der Waals surface area contributed by atoms with Crippen molar-refractivity contribution in [1.82, 2.24) is 0 Å². The minimum Gasteiger partial charge on any atom is -0.458 e. The second-order valence-corrected chi connectivity index (χ2v) is 7.81. The van der Waals surface area contributed by atoms with Gasteiger partial charge >= 0.3 is 5.97 Å². The van der Waals surface area contributed by atoms with E-state index in [9.17, 15) is 9.90 Å². The maximum Gasteiger partial charge on any atom is 0.307 e. The summed E-state index contributed by atoms with van der Waals surface area (Å²) in [5, 5.41) is 10.5. The first-order valence-electron chi connectivity index (χ1n) is 7.86. The number of aliphatic hydroxyl groups is 1. The van der Waals surface area contributed by atoms with E-state index < -0.39 is 17.5 Å². The van der Waals surface area contributed by atoms with Gasteiger partial charge in [-0.2, -0.15) is 0 Å². The molecule has 0 unspecified atom stereocenters. The van der Waals surface area contributed by atoms with Crippen molar-refractivity contribution in [2.75, 3.05) is 13.7 Å². The van der Waals surface area contributed by atoms with E-state index in [0.717, 1.165) is 0 Å². The molecular formula is C16H24O5. The van der Waals surface area contributed by atoms with E-state index in [1.54, 1.807) is 7.11 Å². The Balaban J connectivity index is 1.96. The Hall–Kier alpha value is -0.650. The molecule has 7 atom stereocenters. The molecule has 2 heterocycles. The summed E-state index contributed by atoms with van der Waals surface area (Å²) < 4.78 is 17.9. The van der Waals surface area contributed by atoms with Gasteiger partial charge in [-0.25, -0.2) is 0 Å². The van der Waals surface area contributed by atoms with Gasteiger partial charge in [0.1, 0.15) is 5.60 Å². The van der Waals surface area contributed by atoms with Crippen LogP contribution in [0.2, 0.25) is 0 Å². The number of methoxy groups -OCH3 is 1. The number of carbonyl (C=O) groups is 1. The number of carbonyl (C=O) groups excluding carboxylic acids is 1. The van der Waals surface area contributed by atoms with Crippen molar-refractivity contribution in [2.24, 2.45) is 22.7 Å². The first-order valence-corrected chi connectivity index (χ1v) is 7.86. The fourth-order valence-electron chi connectivity index (χ4n) is 6.06. The molecule has 118 valence electrons. The lowest BCUT2D eigenvalue weighted by Gasteiger charge is -2.57. The Morgan fingerprint density at radius 1 is 1.38 bits per heavy atom. The number of hydrogen-bond donors (Lipinski definition) is 1. The highest BCUT2D eigenvalue weighted by atomic mass is 16.7. The second kappa shape index (κ2) is 3.63. The highest BCUT2D eigenvalue weighted by molar-refractivity contribution is 5.75. The van der Waals surface area contributed by atoms with Gasteiger partial charge in [-0.3, -0.25) is 4.79 Å². The molecule has 2 aliphatic heterocycles. The minimum absolute atomic E-state index is 0.00648. The van der Waals surface area contributed by atoms with Crippen molar-refractivity contribution in [3.8, 4) is 0 Å². The van der Waals surface area contributed by atoms with Crippen molar-refractivity contribution in [3.63, 3.8) is 0 Å². The van der Waals surface area contributed by atoms with Crippen LogP contribution in [-0.4, -0.2) is 42.3 Å². The zero-order chi connectivity index (χ0) is 15.3. The van der Waals surface area contributed by atoms with E-state index in [1.165, 1.54) is 0 Å². The summed E-state index contributed by atoms with van der Waals surface area (Å²) in [6.07, 6.45) is 1.07. The Kier molecular flexibility index (Phi) is 2.42. The van der Waals surface area contributed by atoms with Gasteiger partial charge in [0.25, 0.3) is 0 Å². The van der Waals surface area contributed by atoms with Crippen LogP contribution in [0.4, 0.5) is 0 Å². The molecule has 0 aromatic heterocycles. The average molecular weight is 296 g/mol. The summed E-state index contributed by atoms with van der Waals surface area (Å²) in [4.78, 5) is 12.2. The van der Waals surface area contributed by atoms with Gasteiger partial charge in [-0.1, -0.05) is 20.8 Å². The van der Waals surface area contributed by atoms with Crippen LogP contribution in [0.1, 0.15) is 40.0 Å². The third-order valence-electron chi connectivity index (χ3n) is 7.56. The molecule has 2 saturated heterocycles. The Bertz CT molecular complexity index is 521. The Labute approximate surface area is 124 Å². The third-order valence-corrected chi connectivity index (χ3v) is 7.56. The number of fused-ring (bicyclic) bond motifs is 2. The van der Waals surface area contributed by atoms with Crippen molar-refractivity contribution in [3.05, 3.63) is 0 Å². The predicted molar refractivity (Wildman–Crippen MR) is 73.2 cm³/mol. The molecule has 0 aromatic rings. The normalized spacial score (nSPS) is 61.6. The van der Waals surface area contributed by atoms with Crippen LogP contribution in [0.5, 0.6) is 0 Å². The smallest absolute Gasteiger partial charge is 0.307 e. The number of hydrogen-bond acceptors (Lipinski definition) is 5. The predicted octanol–water partition coefficient (Wildman–Crippen LogP) is 1.48. The van der Waals surface area contributed by atoms with E-state index in [1.807, 2.05) is 6.92 Å². The van der Waals surface area contributed by atoms with E-state index in [2.05, 4.69) is 13.8 Å². The highest BCUT2D eigenvalue weighted by Gasteiger charge is 2.83. The SMILES string of the molecule is CO[C@]12C[C@]34CC(=O)O[C@]3(C[C@@H](O)[C@H]4C)[C@](C)(CO1)[C@@H]2C. The molecule has 2 aliphatic carbocycles. The van der Waals surface area contributed by atoms with Gasteiger partial charge in [-0.15, -0.1) is 0 Å². The van der Waals surface area contributed by atoms with Gasteiger partial charge < -0.3 is 19.3 Å². The number of ether oxygens (including phenoxy) is 3. The van der Waals surface area contributed by atoms with Crippen LogP contribution < -0.4 is 0 Å². The first-order chi connectivity index (χ1) is 9.77. The summed E-state index contributed by atoms with van der Waals surface area (Å²) in [6.45, 7) is 6.80. The number of esters is 1. The van der Waals surface area contributed by atoms with E-state index in [0.29, 0.717) is 25.9 Å². The fraction of sp³-hybridized carbons (Fsp3) is 0.938. The summed E-state index contributed by atoms with van der Waals surface area (Å²) in [7, 11) is 1.68. The van der Waals surface area contributed by atoms with E-state index in [4.69, 9.17) is 14.2 Å². The minimum atomic E-state index is -0.662. The lowest BCUT2D eigenvalue weighted by Crippen LogP contribution is -2.65. The zero-order valence-corrected chi connectivity index (χ0v) is 13.1. The molecule has 21 heavy (non-hydrogen) atoms. The van der Waals surface area contributed by atoms with Crippen molar-refractivity contribution < 1.29 is 24.1 Å². The van der Waals surface area contributed by atoms with Gasteiger partial charge in [-0.05, 0) is 5.92 Å². The Morgan fingerprint density at radius 3 is 2.76 bits per heavy atom. The second-order valence-electron chi connectivity index (χ2n) is 7.81. The number of rotatable bonds is 1. The molecule has 2 bridgehead atoms. The van der Waals surface area contributed by atoms with Crippen LogP contribution >= 0.6 is 0 Å². The number of aliphatic hydroxyl groups excluding tert-OH is 1. The maximum atomic E-state index is 12.2. The molecule has 4 rings (SSSR count). The van der Waals surface area contributed by atoms with Gasteiger partial charge in [0.05, 0.1) is 19.1 Å². The summed E-state index contributed by atoms with van der Waals surface area (Å²) in [6, 6.07) is 0. The highest BCUT2D eigenvalue weighted by Crippen LogP contribution is 2.76. The topological polar surface area (TPSA) is 65.0 Å². The quantitative estimate of drug-likeness (QED) is 0.743. The van der Waals surface area contributed by atoms with Crippen molar-refractivity contribution in [1.29, 1.82) is 0 Å². The van der Waals surface area contributed by atoms with Crippen LogP contribution in [0.15, 0.2) is 0 Å². The third kappa shape index (κ3) is 1.18. The largest absolute Gasteiger partial charge is 0.458 e. The lowest BCUT2D eigenvalue weighted by molar-refractivity contribution is -0.270. The van der Waals surface area contributed by atoms with Crippen LogP contribution in [0.3, 0.4) is 0 Å². The molecular weight excluding hydrogens is 272 g/mol. The standard InChI is InChI=1S/C16H24O5/c1-9-11(17)5-16-13(3)8-20-15(19-4,10(13)2)7-14(9,16)6-12(18)21-16/h9-11,17H,5-8H2,1-4H3/t9-,10+,11-,13-,14+,15-,16-/m1/s1. The summed E-state index contributed by atoms with van der Waals surface area (Å²) >= 11 is 0. The van der Waals surface area contributed by atoms with Crippen LogP contribution in [-0.2, 0) is 19.0 Å². The van der Waals surface area contributed by atoms with Crippen LogP contribution in [0.25, 0.3) is 0 Å². The molecule has 0 radical (unpaired) electrons. The van der Waals surface area contributed by atoms with E-state index in [-0.39, 0.29) is 28.6 Å². The molecule has 1 N–H and O–H groups in total. The monoisotopic (exact) mass is 296 g/mol.